The van der Waals surface area contributed by atoms with Crippen LogP contribution in [0, 0.1) is 11.3 Å². The molecule has 0 aromatic carbocycles. The number of hydrogen-bond acceptors (Lipinski definition) is 7. The van der Waals surface area contributed by atoms with Gasteiger partial charge in [-0.15, -0.1) is 0 Å². The van der Waals surface area contributed by atoms with E-state index in [2.05, 4.69) is 15.1 Å². The molecule has 18 heavy (non-hydrogen) atoms. The molecule has 0 saturated carbocycles. The van der Waals surface area contributed by atoms with Gasteiger partial charge in [0.15, 0.2) is 0 Å². The Labute approximate surface area is 102 Å². The largest absolute Gasteiger partial charge is 0.460 e. The molecule has 0 aliphatic rings. The Kier molecular flexibility index (Phi) is 3.29. The van der Waals surface area contributed by atoms with Gasteiger partial charge in [0.2, 0.25) is 0 Å². The van der Waals surface area contributed by atoms with E-state index in [0.29, 0.717) is 11.3 Å². The number of nitriles is 1. The summed E-state index contributed by atoms with van der Waals surface area (Å²) in [6.07, 6.45) is 1.38. The third-order valence-electron chi connectivity index (χ3n) is 2.00. The first kappa shape index (κ1) is 11.7. The molecular formula is C11H8N4O3. The van der Waals surface area contributed by atoms with Crippen LogP contribution in [0.5, 0.6) is 0 Å². The summed E-state index contributed by atoms with van der Waals surface area (Å²) in [5.41, 5.74) is 0.806. The standard InChI is InChI=1S/C11H8N4O3/c1-2-17-11(16)9-14-10(18-15-9)8-4-3-7(5-12)6-13-8/h3-4,6H,2H2,1H3. The first-order chi connectivity index (χ1) is 8.74. The maximum atomic E-state index is 11.3. The maximum absolute atomic E-state index is 11.3. The summed E-state index contributed by atoms with van der Waals surface area (Å²) in [4.78, 5) is 19.1. The lowest BCUT2D eigenvalue weighted by Gasteiger charge is -1.94. The Bertz CT molecular complexity index is 597. The summed E-state index contributed by atoms with van der Waals surface area (Å²) in [6.45, 7) is 1.92. The molecule has 0 amide bonds. The molecule has 2 rings (SSSR count). The van der Waals surface area contributed by atoms with Crippen molar-refractivity contribution in [3.63, 3.8) is 0 Å². The molecule has 0 aliphatic heterocycles. The SMILES string of the molecule is CCOC(=O)c1noc(-c2ccc(C#N)cn2)n1. The number of hydrogen-bond donors (Lipinski definition) is 0. The predicted molar refractivity (Wildman–Crippen MR) is 58.2 cm³/mol. The number of carbonyl (C=O) groups excluding carboxylic acids is 1. The summed E-state index contributed by atoms with van der Waals surface area (Å²) in [6, 6.07) is 5.07. The molecule has 0 N–H and O–H groups in total. The van der Waals surface area contributed by atoms with Crippen molar-refractivity contribution in [1.82, 2.24) is 15.1 Å². The lowest BCUT2D eigenvalue weighted by atomic mass is 10.3. The molecular weight excluding hydrogens is 236 g/mol. The molecule has 0 aliphatic carbocycles. The highest BCUT2D eigenvalue weighted by molar-refractivity contribution is 5.85. The molecule has 7 nitrogen and oxygen atoms in total. The van der Waals surface area contributed by atoms with Gasteiger partial charge in [0.25, 0.3) is 11.7 Å². The molecule has 0 saturated heterocycles. The van der Waals surface area contributed by atoms with Gasteiger partial charge in [-0.2, -0.15) is 10.2 Å². The van der Waals surface area contributed by atoms with E-state index >= 15 is 0 Å². The average molecular weight is 244 g/mol. The Morgan fingerprint density at radius 2 is 2.39 bits per heavy atom. The molecule has 7 heteroatoms. The van der Waals surface area contributed by atoms with E-state index in [0.717, 1.165) is 0 Å². The van der Waals surface area contributed by atoms with E-state index in [9.17, 15) is 4.79 Å². The van der Waals surface area contributed by atoms with E-state index in [1.165, 1.54) is 6.20 Å². The van der Waals surface area contributed by atoms with Crippen LogP contribution in [0.4, 0.5) is 0 Å². The minimum atomic E-state index is -0.652. The summed E-state index contributed by atoms with van der Waals surface area (Å²) >= 11 is 0. The average Bonchev–Trinajstić information content (AvgIpc) is 2.89. The van der Waals surface area contributed by atoms with Gasteiger partial charge in [-0.3, -0.25) is 0 Å². The van der Waals surface area contributed by atoms with E-state index in [4.69, 9.17) is 14.5 Å². The van der Waals surface area contributed by atoms with Gasteiger partial charge in [0, 0.05) is 6.20 Å². The second kappa shape index (κ2) is 5.05. The van der Waals surface area contributed by atoms with Crippen LogP contribution in [0.15, 0.2) is 22.9 Å². The lowest BCUT2D eigenvalue weighted by Crippen LogP contribution is -2.06. The molecule has 2 heterocycles. The number of aromatic nitrogens is 3. The molecule has 0 bridgehead atoms. The number of rotatable bonds is 3. The van der Waals surface area contributed by atoms with Gasteiger partial charge in [0.1, 0.15) is 11.8 Å². The fourth-order valence-electron chi connectivity index (χ4n) is 1.19. The predicted octanol–water partition coefficient (Wildman–Crippen LogP) is 1.18. The van der Waals surface area contributed by atoms with Crippen molar-refractivity contribution in [3.05, 3.63) is 29.7 Å². The highest BCUT2D eigenvalue weighted by Gasteiger charge is 2.17. The van der Waals surface area contributed by atoms with E-state index in [-0.39, 0.29) is 18.3 Å². The summed E-state index contributed by atoms with van der Waals surface area (Å²) < 4.78 is 9.61. The van der Waals surface area contributed by atoms with Crippen molar-refractivity contribution in [1.29, 1.82) is 5.26 Å². The number of ether oxygens (including phenoxy) is 1. The second-order valence-electron chi connectivity index (χ2n) is 3.19. The number of nitrogens with zero attached hydrogens (tertiary/aromatic N) is 4. The quantitative estimate of drug-likeness (QED) is 0.747. The zero-order valence-electron chi connectivity index (χ0n) is 9.45. The zero-order valence-corrected chi connectivity index (χ0v) is 9.45. The van der Waals surface area contributed by atoms with Crippen LogP contribution < -0.4 is 0 Å². The highest BCUT2D eigenvalue weighted by Crippen LogP contribution is 2.14. The van der Waals surface area contributed by atoms with Crippen LogP contribution in [0.25, 0.3) is 11.6 Å². The maximum Gasteiger partial charge on any atom is 0.379 e. The second-order valence-corrected chi connectivity index (χ2v) is 3.19. The Hall–Kier alpha value is -2.75. The van der Waals surface area contributed by atoms with Gasteiger partial charge >= 0.3 is 5.97 Å². The van der Waals surface area contributed by atoms with Crippen molar-refractivity contribution in [2.75, 3.05) is 6.61 Å². The van der Waals surface area contributed by atoms with Gasteiger partial charge in [-0.1, -0.05) is 0 Å². The van der Waals surface area contributed by atoms with E-state index < -0.39 is 5.97 Å². The van der Waals surface area contributed by atoms with Crippen LogP contribution in [-0.4, -0.2) is 27.7 Å². The van der Waals surface area contributed by atoms with Crippen molar-refractivity contribution >= 4 is 5.97 Å². The fraction of sp³-hybridized carbons (Fsp3) is 0.182. The zero-order chi connectivity index (χ0) is 13.0. The molecule has 90 valence electrons. The Morgan fingerprint density at radius 1 is 1.56 bits per heavy atom. The number of carbonyl (C=O) groups is 1. The van der Waals surface area contributed by atoms with Crippen LogP contribution in [-0.2, 0) is 4.74 Å². The monoisotopic (exact) mass is 244 g/mol. The summed E-state index contributed by atoms with van der Waals surface area (Å²) in [5, 5.41) is 12.1. The van der Waals surface area contributed by atoms with E-state index in [1.807, 2.05) is 6.07 Å². The first-order valence-corrected chi connectivity index (χ1v) is 5.12. The van der Waals surface area contributed by atoms with Crippen molar-refractivity contribution in [2.24, 2.45) is 0 Å². The molecule has 0 fully saturated rings. The van der Waals surface area contributed by atoms with E-state index in [1.54, 1.807) is 19.1 Å². The number of pyridine rings is 1. The van der Waals surface area contributed by atoms with Crippen LogP contribution >= 0.6 is 0 Å². The van der Waals surface area contributed by atoms with Crippen LogP contribution in [0.3, 0.4) is 0 Å². The van der Waals surface area contributed by atoms with Gasteiger partial charge < -0.3 is 9.26 Å². The van der Waals surface area contributed by atoms with Gasteiger partial charge in [-0.25, -0.2) is 9.78 Å². The highest BCUT2D eigenvalue weighted by atomic mass is 16.5. The molecule has 0 unspecified atom stereocenters. The molecule has 2 aromatic rings. The summed E-state index contributed by atoms with van der Waals surface area (Å²) in [7, 11) is 0. The lowest BCUT2D eigenvalue weighted by molar-refractivity contribution is 0.0508. The van der Waals surface area contributed by atoms with Gasteiger partial charge in [-0.05, 0) is 24.2 Å². The Morgan fingerprint density at radius 3 is 3.00 bits per heavy atom. The molecule has 0 spiro atoms. The van der Waals surface area contributed by atoms with Crippen LogP contribution in [0.1, 0.15) is 23.1 Å². The minimum absolute atomic E-state index is 0.0996. The topological polar surface area (TPSA) is 102 Å². The van der Waals surface area contributed by atoms with Gasteiger partial charge in [0.05, 0.1) is 12.2 Å². The van der Waals surface area contributed by atoms with Crippen molar-refractivity contribution in [3.8, 4) is 17.7 Å². The third-order valence-corrected chi connectivity index (χ3v) is 2.00. The van der Waals surface area contributed by atoms with Crippen LogP contribution in [0.2, 0.25) is 0 Å². The third kappa shape index (κ3) is 2.32. The first-order valence-electron chi connectivity index (χ1n) is 5.12. The molecule has 0 radical (unpaired) electrons. The van der Waals surface area contributed by atoms with Crippen molar-refractivity contribution in [2.45, 2.75) is 6.92 Å². The Balaban J connectivity index is 2.24. The fourth-order valence-corrected chi connectivity index (χ4v) is 1.19. The normalized spacial score (nSPS) is 9.78. The number of esters is 1. The smallest absolute Gasteiger partial charge is 0.379 e. The molecule has 2 aromatic heterocycles. The minimum Gasteiger partial charge on any atom is -0.460 e. The molecule has 0 atom stereocenters. The van der Waals surface area contributed by atoms with Crippen molar-refractivity contribution < 1.29 is 14.1 Å². The summed E-state index contributed by atoms with van der Waals surface area (Å²) in [5.74, 6) is -0.707.